The van der Waals surface area contributed by atoms with Crippen molar-refractivity contribution in [3.8, 4) is 0 Å². The number of benzene rings is 1. The summed E-state index contributed by atoms with van der Waals surface area (Å²) in [5.74, 6) is 0.257. The van der Waals surface area contributed by atoms with Crippen LogP contribution < -0.4 is 0 Å². The highest BCUT2D eigenvalue weighted by atomic mass is 35.5. The van der Waals surface area contributed by atoms with Crippen molar-refractivity contribution in [2.24, 2.45) is 5.92 Å². The van der Waals surface area contributed by atoms with Crippen LogP contribution in [0.5, 0.6) is 0 Å². The maximum Gasteiger partial charge on any atom is 0.409 e. The molecule has 0 spiro atoms. The monoisotopic (exact) mass is 324 g/mol. The summed E-state index contributed by atoms with van der Waals surface area (Å²) in [5.41, 5.74) is 0.573. The molecule has 1 aliphatic rings. The number of rotatable bonds is 3. The zero-order valence-electron chi connectivity index (χ0n) is 12.9. The lowest BCUT2D eigenvalue weighted by molar-refractivity contribution is 0.0535. The van der Waals surface area contributed by atoms with Crippen molar-refractivity contribution < 1.29 is 14.3 Å². The third-order valence-corrected chi connectivity index (χ3v) is 3.67. The molecule has 2 amide bonds. The van der Waals surface area contributed by atoms with Gasteiger partial charge >= 0.3 is 6.09 Å². The number of hydrogen-bond acceptors (Lipinski definition) is 3. The van der Waals surface area contributed by atoms with Crippen molar-refractivity contribution in [1.82, 2.24) is 9.80 Å². The van der Waals surface area contributed by atoms with Crippen LogP contribution in [0.2, 0.25) is 5.02 Å². The van der Waals surface area contributed by atoms with Crippen molar-refractivity contribution in [3.05, 3.63) is 34.9 Å². The van der Waals surface area contributed by atoms with E-state index in [-0.39, 0.29) is 12.0 Å². The summed E-state index contributed by atoms with van der Waals surface area (Å²) in [6.07, 6.45) is -0.302. The normalized spacial score (nSPS) is 15.1. The van der Waals surface area contributed by atoms with Gasteiger partial charge in [-0.1, -0.05) is 31.5 Å². The van der Waals surface area contributed by atoms with Gasteiger partial charge in [0.2, 0.25) is 0 Å². The zero-order chi connectivity index (χ0) is 16.1. The van der Waals surface area contributed by atoms with Crippen molar-refractivity contribution in [1.29, 1.82) is 0 Å². The molecular weight excluding hydrogens is 304 g/mol. The Hall–Kier alpha value is -1.75. The van der Waals surface area contributed by atoms with E-state index in [2.05, 4.69) is 0 Å². The Balaban J connectivity index is 1.86. The Morgan fingerprint density at radius 3 is 2.41 bits per heavy atom. The van der Waals surface area contributed by atoms with E-state index in [1.807, 2.05) is 13.8 Å². The van der Waals surface area contributed by atoms with Crippen molar-refractivity contribution in [3.63, 3.8) is 0 Å². The molecule has 1 aromatic rings. The van der Waals surface area contributed by atoms with Crippen molar-refractivity contribution in [2.75, 3.05) is 32.8 Å². The molecule has 0 N–H and O–H groups in total. The van der Waals surface area contributed by atoms with Gasteiger partial charge in [-0.2, -0.15) is 0 Å². The van der Waals surface area contributed by atoms with Gasteiger partial charge in [0.05, 0.1) is 6.61 Å². The molecule has 2 rings (SSSR count). The predicted octanol–water partition coefficient (Wildman–Crippen LogP) is 2.89. The molecule has 1 aromatic carbocycles. The van der Waals surface area contributed by atoms with Crippen LogP contribution in [-0.4, -0.2) is 54.6 Å². The average molecular weight is 325 g/mol. The summed E-state index contributed by atoms with van der Waals surface area (Å²) in [6.45, 7) is 6.39. The summed E-state index contributed by atoms with van der Waals surface area (Å²) >= 11 is 5.91. The van der Waals surface area contributed by atoms with E-state index in [1.54, 1.807) is 34.1 Å². The minimum absolute atomic E-state index is 0.0577. The first kappa shape index (κ1) is 16.6. The van der Waals surface area contributed by atoms with Crippen LogP contribution in [0.4, 0.5) is 4.79 Å². The smallest absolute Gasteiger partial charge is 0.409 e. The quantitative estimate of drug-likeness (QED) is 0.859. The molecule has 22 heavy (non-hydrogen) atoms. The Bertz CT molecular complexity index is 540. The minimum Gasteiger partial charge on any atom is -0.449 e. The van der Waals surface area contributed by atoms with Crippen LogP contribution in [-0.2, 0) is 4.74 Å². The maximum absolute atomic E-state index is 12.4. The van der Waals surface area contributed by atoms with E-state index in [9.17, 15) is 9.59 Å². The van der Waals surface area contributed by atoms with Gasteiger partial charge in [0, 0.05) is 36.8 Å². The third-order valence-electron chi connectivity index (χ3n) is 3.44. The maximum atomic E-state index is 12.4. The lowest BCUT2D eigenvalue weighted by Crippen LogP contribution is -2.50. The summed E-state index contributed by atoms with van der Waals surface area (Å²) in [4.78, 5) is 27.6. The van der Waals surface area contributed by atoms with Gasteiger partial charge < -0.3 is 14.5 Å². The van der Waals surface area contributed by atoms with Crippen molar-refractivity contribution in [2.45, 2.75) is 13.8 Å². The standard InChI is InChI=1S/C16H21ClN2O3/c1-12(2)11-22-16(21)19-8-6-18(7-9-19)15(20)13-4-3-5-14(17)10-13/h3-5,10,12H,6-9,11H2,1-2H3. The number of halogens is 1. The molecule has 6 heteroatoms. The van der Waals surface area contributed by atoms with E-state index < -0.39 is 0 Å². The Kier molecular flexibility index (Phi) is 5.66. The fourth-order valence-corrected chi connectivity index (χ4v) is 2.42. The van der Waals surface area contributed by atoms with Crippen molar-refractivity contribution >= 4 is 23.6 Å². The van der Waals surface area contributed by atoms with E-state index in [0.717, 1.165) is 0 Å². The summed E-state index contributed by atoms with van der Waals surface area (Å²) in [6, 6.07) is 6.90. The number of carbonyl (C=O) groups excluding carboxylic acids is 2. The Morgan fingerprint density at radius 2 is 1.82 bits per heavy atom. The number of piperazine rings is 1. The lowest BCUT2D eigenvalue weighted by atomic mass is 10.2. The van der Waals surface area contributed by atoms with Crippen LogP contribution in [0.25, 0.3) is 0 Å². The molecular formula is C16H21ClN2O3. The van der Waals surface area contributed by atoms with Gasteiger partial charge in [0.15, 0.2) is 0 Å². The molecule has 0 atom stereocenters. The second-order valence-electron chi connectivity index (χ2n) is 5.76. The Morgan fingerprint density at radius 1 is 1.18 bits per heavy atom. The van der Waals surface area contributed by atoms with Crippen LogP contribution in [0.1, 0.15) is 24.2 Å². The highest BCUT2D eigenvalue weighted by molar-refractivity contribution is 6.30. The van der Waals surface area contributed by atoms with Crippen LogP contribution in [0, 0.1) is 5.92 Å². The molecule has 0 aliphatic carbocycles. The first-order valence-electron chi connectivity index (χ1n) is 7.44. The number of amides is 2. The molecule has 1 saturated heterocycles. The molecule has 1 aliphatic heterocycles. The van der Waals surface area contributed by atoms with E-state index in [1.165, 1.54) is 0 Å². The highest BCUT2D eigenvalue weighted by Gasteiger charge is 2.25. The number of carbonyl (C=O) groups is 2. The molecule has 0 radical (unpaired) electrons. The molecule has 0 saturated carbocycles. The van der Waals surface area contributed by atoms with Gasteiger partial charge in [-0.15, -0.1) is 0 Å². The van der Waals surface area contributed by atoms with Gasteiger partial charge in [0.25, 0.3) is 5.91 Å². The van der Waals surface area contributed by atoms with Crippen LogP contribution in [0.15, 0.2) is 24.3 Å². The first-order chi connectivity index (χ1) is 10.5. The van der Waals surface area contributed by atoms with Gasteiger partial charge in [-0.25, -0.2) is 4.79 Å². The van der Waals surface area contributed by atoms with E-state index in [0.29, 0.717) is 49.3 Å². The van der Waals surface area contributed by atoms with Gasteiger partial charge in [-0.3, -0.25) is 4.79 Å². The van der Waals surface area contributed by atoms with Crippen LogP contribution >= 0.6 is 11.6 Å². The second kappa shape index (κ2) is 7.49. The highest BCUT2D eigenvalue weighted by Crippen LogP contribution is 2.14. The first-order valence-corrected chi connectivity index (χ1v) is 7.81. The lowest BCUT2D eigenvalue weighted by Gasteiger charge is -2.34. The molecule has 1 heterocycles. The summed E-state index contributed by atoms with van der Waals surface area (Å²) < 4.78 is 5.21. The van der Waals surface area contributed by atoms with Gasteiger partial charge in [-0.05, 0) is 24.1 Å². The number of ether oxygens (including phenoxy) is 1. The summed E-state index contributed by atoms with van der Waals surface area (Å²) in [7, 11) is 0. The molecule has 1 fully saturated rings. The topological polar surface area (TPSA) is 49.9 Å². The third kappa shape index (κ3) is 4.37. The number of hydrogen-bond donors (Lipinski definition) is 0. The molecule has 0 unspecified atom stereocenters. The fourth-order valence-electron chi connectivity index (χ4n) is 2.23. The molecule has 5 nitrogen and oxygen atoms in total. The second-order valence-corrected chi connectivity index (χ2v) is 6.20. The molecule has 120 valence electrons. The fraction of sp³-hybridized carbons (Fsp3) is 0.500. The van der Waals surface area contributed by atoms with Gasteiger partial charge in [0.1, 0.15) is 0 Å². The molecule has 0 bridgehead atoms. The average Bonchev–Trinajstić information content (AvgIpc) is 2.52. The van der Waals surface area contributed by atoms with E-state index >= 15 is 0 Å². The Labute approximate surface area is 135 Å². The zero-order valence-corrected chi connectivity index (χ0v) is 13.7. The number of nitrogens with zero attached hydrogens (tertiary/aromatic N) is 2. The SMILES string of the molecule is CC(C)COC(=O)N1CCN(C(=O)c2cccc(Cl)c2)CC1. The summed E-state index contributed by atoms with van der Waals surface area (Å²) in [5, 5.41) is 0.543. The minimum atomic E-state index is -0.302. The molecule has 0 aromatic heterocycles. The van der Waals surface area contributed by atoms with E-state index in [4.69, 9.17) is 16.3 Å². The largest absolute Gasteiger partial charge is 0.449 e. The predicted molar refractivity (Wildman–Crippen MR) is 85.1 cm³/mol. The van der Waals surface area contributed by atoms with Crippen LogP contribution in [0.3, 0.4) is 0 Å².